The Labute approximate surface area is 95.9 Å². The zero-order valence-corrected chi connectivity index (χ0v) is 9.20. The average Bonchev–Trinajstić information content (AvgIpc) is 2.27. The van der Waals surface area contributed by atoms with Crippen molar-refractivity contribution in [3.05, 3.63) is 48.5 Å². The topological polar surface area (TPSA) is 49.4 Å². The van der Waals surface area contributed by atoms with E-state index in [1.165, 1.54) is 0 Å². The van der Waals surface area contributed by atoms with Crippen LogP contribution < -0.4 is 4.18 Å². The summed E-state index contributed by atoms with van der Waals surface area (Å²) in [6, 6.07) is 10.9. The highest BCUT2D eigenvalue weighted by molar-refractivity contribution is 7.74. The van der Waals surface area contributed by atoms with Gasteiger partial charge in [0.15, 0.2) is 0 Å². The van der Waals surface area contributed by atoms with E-state index in [0.29, 0.717) is 5.75 Å². The van der Waals surface area contributed by atoms with Gasteiger partial charge in [0.05, 0.1) is 0 Å². The van der Waals surface area contributed by atoms with E-state index in [2.05, 4.69) is 10.8 Å². The van der Waals surface area contributed by atoms with Crippen LogP contribution in [0.3, 0.4) is 0 Å². The van der Waals surface area contributed by atoms with Gasteiger partial charge >= 0.3 is 0 Å². The van der Waals surface area contributed by atoms with Crippen molar-refractivity contribution in [1.82, 2.24) is 0 Å². The molecule has 0 saturated heterocycles. The SMILES string of the molecule is C=Cc1ccc2cc(OS(=O)[O-])ccc2c1. The van der Waals surface area contributed by atoms with Gasteiger partial charge in [-0.1, -0.05) is 30.9 Å². The molecule has 0 aliphatic heterocycles. The molecule has 1 unspecified atom stereocenters. The highest BCUT2D eigenvalue weighted by Crippen LogP contribution is 2.22. The molecular weight excluding hydrogens is 224 g/mol. The quantitative estimate of drug-likeness (QED) is 0.766. The van der Waals surface area contributed by atoms with E-state index < -0.39 is 11.4 Å². The molecule has 0 bridgehead atoms. The maximum absolute atomic E-state index is 10.4. The molecule has 2 rings (SSSR count). The fraction of sp³-hybridized carbons (Fsp3) is 0. The van der Waals surface area contributed by atoms with Crippen LogP contribution in [-0.2, 0) is 11.4 Å². The normalized spacial score (nSPS) is 12.3. The van der Waals surface area contributed by atoms with Crippen LogP contribution in [0.4, 0.5) is 0 Å². The molecule has 3 nitrogen and oxygen atoms in total. The predicted octanol–water partition coefficient (Wildman–Crippen LogP) is 2.66. The van der Waals surface area contributed by atoms with Crippen LogP contribution in [0.15, 0.2) is 43.0 Å². The molecule has 0 saturated carbocycles. The largest absolute Gasteiger partial charge is 0.740 e. The van der Waals surface area contributed by atoms with Crippen LogP contribution in [-0.4, -0.2) is 8.76 Å². The molecule has 0 aliphatic carbocycles. The number of hydrogen-bond acceptors (Lipinski definition) is 3. The van der Waals surface area contributed by atoms with E-state index in [4.69, 9.17) is 0 Å². The van der Waals surface area contributed by atoms with E-state index in [9.17, 15) is 8.76 Å². The van der Waals surface area contributed by atoms with Crippen LogP contribution in [0.1, 0.15) is 5.56 Å². The monoisotopic (exact) mass is 233 g/mol. The van der Waals surface area contributed by atoms with Crippen LogP contribution in [0.5, 0.6) is 5.75 Å². The zero-order chi connectivity index (χ0) is 11.5. The molecule has 0 amide bonds. The summed E-state index contributed by atoms with van der Waals surface area (Å²) < 4.78 is 25.3. The first-order valence-electron chi connectivity index (χ1n) is 4.63. The fourth-order valence-electron chi connectivity index (χ4n) is 1.50. The molecule has 0 radical (unpaired) electrons. The minimum atomic E-state index is -2.53. The summed E-state index contributed by atoms with van der Waals surface area (Å²) >= 11 is -2.53. The lowest BCUT2D eigenvalue weighted by atomic mass is 10.1. The molecule has 16 heavy (non-hydrogen) atoms. The Morgan fingerprint density at radius 1 is 1.19 bits per heavy atom. The third-order valence-electron chi connectivity index (χ3n) is 2.24. The molecule has 0 spiro atoms. The minimum Gasteiger partial charge on any atom is -0.740 e. The van der Waals surface area contributed by atoms with Crippen LogP contribution >= 0.6 is 0 Å². The number of rotatable bonds is 3. The van der Waals surface area contributed by atoms with Crippen molar-refractivity contribution in [2.45, 2.75) is 0 Å². The Hall–Kier alpha value is -1.65. The van der Waals surface area contributed by atoms with E-state index in [1.807, 2.05) is 24.3 Å². The third-order valence-corrected chi connectivity index (χ3v) is 2.56. The highest BCUT2D eigenvalue weighted by Gasteiger charge is 1.98. The smallest absolute Gasteiger partial charge is 0.139 e. The van der Waals surface area contributed by atoms with Gasteiger partial charge in [0, 0.05) is 0 Å². The second kappa shape index (κ2) is 4.47. The Bertz CT molecular complexity index is 563. The van der Waals surface area contributed by atoms with Crippen molar-refractivity contribution in [2.75, 3.05) is 0 Å². The van der Waals surface area contributed by atoms with Gasteiger partial charge in [-0.05, 0) is 34.5 Å². The van der Waals surface area contributed by atoms with Crippen molar-refractivity contribution in [2.24, 2.45) is 0 Å². The summed E-state index contributed by atoms with van der Waals surface area (Å²) in [6.07, 6.45) is 1.76. The molecule has 0 N–H and O–H groups in total. The molecular formula is C12H9O3S-. The number of hydrogen-bond donors (Lipinski definition) is 0. The van der Waals surface area contributed by atoms with E-state index >= 15 is 0 Å². The Kier molecular flexibility index (Phi) is 3.03. The van der Waals surface area contributed by atoms with Gasteiger partial charge in [0.1, 0.15) is 17.1 Å². The van der Waals surface area contributed by atoms with Crippen molar-refractivity contribution in [3.8, 4) is 5.75 Å². The van der Waals surface area contributed by atoms with E-state index in [0.717, 1.165) is 16.3 Å². The summed E-state index contributed by atoms with van der Waals surface area (Å²) in [5.74, 6) is 0.312. The standard InChI is InChI=1S/C12H10O3S/c1-2-9-3-4-11-8-12(15-16(13)14)6-5-10(11)7-9/h2-8H,1H2,(H,13,14)/p-1. The lowest BCUT2D eigenvalue weighted by molar-refractivity contribution is 0.440. The van der Waals surface area contributed by atoms with E-state index in [1.54, 1.807) is 18.2 Å². The van der Waals surface area contributed by atoms with Crippen molar-refractivity contribution < 1.29 is 12.9 Å². The van der Waals surface area contributed by atoms with Crippen molar-refractivity contribution >= 4 is 28.2 Å². The van der Waals surface area contributed by atoms with Gasteiger partial charge in [-0.2, -0.15) is 0 Å². The summed E-state index contributed by atoms with van der Waals surface area (Å²) in [4.78, 5) is 0. The predicted molar refractivity (Wildman–Crippen MR) is 63.6 cm³/mol. The molecule has 0 heterocycles. The van der Waals surface area contributed by atoms with Gasteiger partial charge in [-0.25, -0.2) is 4.21 Å². The van der Waals surface area contributed by atoms with Gasteiger partial charge in [0.25, 0.3) is 0 Å². The summed E-state index contributed by atoms with van der Waals surface area (Å²) in [6.45, 7) is 3.69. The molecule has 0 fully saturated rings. The van der Waals surface area contributed by atoms with Gasteiger partial charge in [0.2, 0.25) is 0 Å². The van der Waals surface area contributed by atoms with Crippen molar-refractivity contribution in [3.63, 3.8) is 0 Å². The Morgan fingerprint density at radius 2 is 1.88 bits per heavy atom. The van der Waals surface area contributed by atoms with Crippen LogP contribution in [0, 0.1) is 0 Å². The summed E-state index contributed by atoms with van der Waals surface area (Å²) in [7, 11) is 0. The third kappa shape index (κ3) is 2.29. The lowest BCUT2D eigenvalue weighted by Crippen LogP contribution is -1.97. The Morgan fingerprint density at radius 3 is 2.56 bits per heavy atom. The highest BCUT2D eigenvalue weighted by atomic mass is 32.2. The fourth-order valence-corrected chi connectivity index (χ4v) is 1.76. The second-order valence-corrected chi connectivity index (χ2v) is 3.83. The second-order valence-electron chi connectivity index (χ2n) is 3.26. The zero-order valence-electron chi connectivity index (χ0n) is 8.38. The minimum absolute atomic E-state index is 0.312. The van der Waals surface area contributed by atoms with Crippen LogP contribution in [0.25, 0.3) is 16.8 Å². The Balaban J connectivity index is 2.47. The first kappa shape index (κ1) is 10.9. The molecule has 0 aromatic heterocycles. The molecule has 1 atom stereocenters. The maximum Gasteiger partial charge on any atom is 0.139 e. The molecule has 4 heteroatoms. The summed E-state index contributed by atoms with van der Waals surface area (Å²) in [5.41, 5.74) is 1.02. The van der Waals surface area contributed by atoms with E-state index in [-0.39, 0.29) is 0 Å². The summed E-state index contributed by atoms with van der Waals surface area (Å²) in [5, 5.41) is 1.94. The maximum atomic E-state index is 10.4. The lowest BCUT2D eigenvalue weighted by Gasteiger charge is -2.08. The first-order chi connectivity index (χ1) is 7.69. The average molecular weight is 233 g/mol. The molecule has 2 aromatic carbocycles. The van der Waals surface area contributed by atoms with Gasteiger partial charge in [-0.15, -0.1) is 0 Å². The first-order valence-corrected chi connectivity index (χ1v) is 5.63. The van der Waals surface area contributed by atoms with Crippen LogP contribution in [0.2, 0.25) is 0 Å². The van der Waals surface area contributed by atoms with Crippen molar-refractivity contribution in [1.29, 1.82) is 0 Å². The molecule has 0 aliphatic rings. The molecule has 2 aromatic rings. The van der Waals surface area contributed by atoms with Gasteiger partial charge < -0.3 is 8.74 Å². The number of benzene rings is 2. The van der Waals surface area contributed by atoms with Gasteiger partial charge in [-0.3, -0.25) is 0 Å². The molecule has 82 valence electrons. The number of fused-ring (bicyclic) bond motifs is 1.